The molecule has 0 spiro atoms. The highest BCUT2D eigenvalue weighted by atomic mass is 16.6. The summed E-state index contributed by atoms with van der Waals surface area (Å²) in [6.45, 7) is 6.76. The smallest absolute Gasteiger partial charge is 0.410 e. The third kappa shape index (κ3) is 4.29. The molecule has 0 N–H and O–H groups in total. The number of amides is 1. The summed E-state index contributed by atoms with van der Waals surface area (Å²) in [7, 11) is 1.71. The zero-order chi connectivity index (χ0) is 12.2. The third-order valence-corrected chi connectivity index (χ3v) is 1.87. The molecule has 6 heteroatoms. The summed E-state index contributed by atoms with van der Waals surface area (Å²) in [4.78, 5) is 13.1. The molecule has 90 valence electrons. The Morgan fingerprint density at radius 2 is 1.94 bits per heavy atom. The van der Waals surface area contributed by atoms with Gasteiger partial charge in [0.2, 0.25) is 0 Å². The Morgan fingerprint density at radius 3 is 2.44 bits per heavy atom. The van der Waals surface area contributed by atoms with Gasteiger partial charge in [-0.1, -0.05) is 0 Å². The molecule has 0 aliphatic rings. The fraction of sp³-hybridized carbons (Fsp3) is 0.700. The van der Waals surface area contributed by atoms with Crippen molar-refractivity contribution in [1.29, 1.82) is 0 Å². The summed E-state index contributed by atoms with van der Waals surface area (Å²) in [6, 6.07) is 0. The SMILES string of the molecule is CN(CCn1cnnc1)C(=O)OC(C)(C)C. The van der Waals surface area contributed by atoms with Gasteiger partial charge in [0.25, 0.3) is 0 Å². The maximum absolute atomic E-state index is 11.6. The van der Waals surface area contributed by atoms with E-state index in [0.29, 0.717) is 13.1 Å². The van der Waals surface area contributed by atoms with E-state index in [1.54, 1.807) is 24.3 Å². The van der Waals surface area contributed by atoms with Crippen LogP contribution < -0.4 is 0 Å². The molecule has 0 unspecified atom stereocenters. The number of carbonyl (C=O) groups is 1. The fourth-order valence-corrected chi connectivity index (χ4v) is 1.03. The van der Waals surface area contributed by atoms with Crippen LogP contribution in [0.25, 0.3) is 0 Å². The molecule has 0 radical (unpaired) electrons. The maximum atomic E-state index is 11.6. The van der Waals surface area contributed by atoms with Crippen molar-refractivity contribution in [3.63, 3.8) is 0 Å². The van der Waals surface area contributed by atoms with E-state index in [1.807, 2.05) is 20.8 Å². The zero-order valence-corrected chi connectivity index (χ0v) is 10.2. The summed E-state index contributed by atoms with van der Waals surface area (Å²) in [6.07, 6.45) is 2.91. The quantitative estimate of drug-likeness (QED) is 0.775. The molecule has 1 rings (SSSR count). The van der Waals surface area contributed by atoms with Crippen molar-refractivity contribution in [2.24, 2.45) is 0 Å². The van der Waals surface area contributed by atoms with Gasteiger partial charge < -0.3 is 14.2 Å². The van der Waals surface area contributed by atoms with Gasteiger partial charge in [-0.3, -0.25) is 0 Å². The highest BCUT2D eigenvalue weighted by molar-refractivity contribution is 5.67. The topological polar surface area (TPSA) is 60.2 Å². The van der Waals surface area contributed by atoms with E-state index < -0.39 is 5.60 Å². The molecule has 1 aromatic heterocycles. The molecule has 0 fully saturated rings. The van der Waals surface area contributed by atoms with E-state index in [-0.39, 0.29) is 6.09 Å². The molecule has 1 aromatic rings. The van der Waals surface area contributed by atoms with Gasteiger partial charge in [0, 0.05) is 20.1 Å². The molecule has 0 atom stereocenters. The average molecular weight is 226 g/mol. The highest BCUT2D eigenvalue weighted by Gasteiger charge is 2.19. The predicted octanol–water partition coefficient (Wildman–Crippen LogP) is 1.14. The lowest BCUT2D eigenvalue weighted by molar-refractivity contribution is 0.0293. The number of carbonyl (C=O) groups excluding carboxylic acids is 1. The molecule has 0 bridgehead atoms. The monoisotopic (exact) mass is 226 g/mol. The fourth-order valence-electron chi connectivity index (χ4n) is 1.03. The lowest BCUT2D eigenvalue weighted by atomic mass is 10.2. The minimum absolute atomic E-state index is 0.319. The maximum Gasteiger partial charge on any atom is 0.410 e. The first-order valence-corrected chi connectivity index (χ1v) is 5.15. The number of hydrogen-bond acceptors (Lipinski definition) is 4. The van der Waals surface area contributed by atoms with E-state index in [0.717, 1.165) is 0 Å². The number of hydrogen-bond donors (Lipinski definition) is 0. The van der Waals surface area contributed by atoms with Gasteiger partial charge >= 0.3 is 6.09 Å². The molecule has 16 heavy (non-hydrogen) atoms. The van der Waals surface area contributed by atoms with E-state index in [4.69, 9.17) is 4.74 Å². The van der Waals surface area contributed by atoms with Crippen molar-refractivity contribution < 1.29 is 9.53 Å². The van der Waals surface area contributed by atoms with Crippen LogP contribution in [0.3, 0.4) is 0 Å². The normalized spacial score (nSPS) is 11.2. The van der Waals surface area contributed by atoms with Crippen molar-refractivity contribution >= 4 is 6.09 Å². The molecule has 0 aliphatic carbocycles. The largest absolute Gasteiger partial charge is 0.444 e. The Labute approximate surface area is 95.2 Å². The van der Waals surface area contributed by atoms with Gasteiger partial charge in [0.1, 0.15) is 18.3 Å². The number of aromatic nitrogens is 3. The van der Waals surface area contributed by atoms with E-state index >= 15 is 0 Å². The second kappa shape index (κ2) is 4.96. The van der Waals surface area contributed by atoms with Crippen LogP contribution in [0.5, 0.6) is 0 Å². The van der Waals surface area contributed by atoms with Gasteiger partial charge in [-0.25, -0.2) is 4.79 Å². The average Bonchev–Trinajstić information content (AvgIpc) is 2.63. The standard InChI is InChI=1S/C10H18N4O2/c1-10(2,3)16-9(15)13(4)5-6-14-7-11-12-8-14/h7-8H,5-6H2,1-4H3. The van der Waals surface area contributed by atoms with Gasteiger partial charge in [-0.2, -0.15) is 0 Å². The van der Waals surface area contributed by atoms with Gasteiger partial charge in [0.05, 0.1) is 0 Å². The first kappa shape index (κ1) is 12.5. The van der Waals surface area contributed by atoms with Crippen LogP contribution in [-0.2, 0) is 11.3 Å². The Morgan fingerprint density at radius 1 is 1.38 bits per heavy atom. The Kier molecular flexibility index (Phi) is 3.87. The first-order chi connectivity index (χ1) is 7.38. The number of ether oxygens (including phenoxy) is 1. The van der Waals surface area contributed by atoms with Gasteiger partial charge in [0.15, 0.2) is 0 Å². The van der Waals surface area contributed by atoms with Crippen molar-refractivity contribution in [3.8, 4) is 0 Å². The number of likely N-dealkylation sites (N-methyl/N-ethyl adjacent to an activating group) is 1. The summed E-state index contributed by atoms with van der Waals surface area (Å²) in [5.74, 6) is 0. The number of nitrogens with zero attached hydrogens (tertiary/aromatic N) is 4. The minimum Gasteiger partial charge on any atom is -0.444 e. The third-order valence-electron chi connectivity index (χ3n) is 1.87. The van der Waals surface area contributed by atoms with Gasteiger partial charge in [-0.15, -0.1) is 10.2 Å². The Balaban J connectivity index is 2.35. The van der Waals surface area contributed by atoms with Crippen molar-refractivity contribution in [3.05, 3.63) is 12.7 Å². The van der Waals surface area contributed by atoms with Crippen LogP contribution in [-0.4, -0.2) is 45.0 Å². The second-order valence-electron chi connectivity index (χ2n) is 4.60. The van der Waals surface area contributed by atoms with Crippen molar-refractivity contribution in [2.45, 2.75) is 32.9 Å². The lowest BCUT2D eigenvalue weighted by Crippen LogP contribution is -2.35. The summed E-state index contributed by atoms with van der Waals surface area (Å²) < 4.78 is 7.02. The molecular weight excluding hydrogens is 208 g/mol. The van der Waals surface area contributed by atoms with Crippen molar-refractivity contribution in [2.75, 3.05) is 13.6 Å². The van der Waals surface area contributed by atoms with Crippen molar-refractivity contribution in [1.82, 2.24) is 19.7 Å². The summed E-state index contributed by atoms with van der Waals surface area (Å²) in [5.41, 5.74) is -0.456. The Hall–Kier alpha value is -1.59. The van der Waals surface area contributed by atoms with E-state index in [2.05, 4.69) is 10.2 Å². The first-order valence-electron chi connectivity index (χ1n) is 5.15. The van der Waals surface area contributed by atoms with E-state index in [9.17, 15) is 4.79 Å². The molecule has 1 heterocycles. The minimum atomic E-state index is -0.456. The second-order valence-corrected chi connectivity index (χ2v) is 4.60. The highest BCUT2D eigenvalue weighted by Crippen LogP contribution is 2.08. The van der Waals surface area contributed by atoms with Crippen LogP contribution in [0.2, 0.25) is 0 Å². The van der Waals surface area contributed by atoms with Crippen LogP contribution in [0.1, 0.15) is 20.8 Å². The van der Waals surface area contributed by atoms with Gasteiger partial charge in [-0.05, 0) is 20.8 Å². The molecule has 0 saturated carbocycles. The predicted molar refractivity (Wildman–Crippen MR) is 58.9 cm³/mol. The number of rotatable bonds is 3. The molecule has 0 aliphatic heterocycles. The zero-order valence-electron chi connectivity index (χ0n) is 10.2. The molecule has 6 nitrogen and oxygen atoms in total. The van der Waals surface area contributed by atoms with Crippen LogP contribution >= 0.6 is 0 Å². The van der Waals surface area contributed by atoms with Crippen LogP contribution in [0.4, 0.5) is 4.79 Å². The molecule has 0 aromatic carbocycles. The lowest BCUT2D eigenvalue weighted by Gasteiger charge is -2.24. The summed E-state index contributed by atoms with van der Waals surface area (Å²) in [5, 5.41) is 7.37. The van der Waals surface area contributed by atoms with Crippen LogP contribution in [0, 0.1) is 0 Å². The Bertz CT molecular complexity index is 329. The molecule has 0 saturated heterocycles. The van der Waals surface area contributed by atoms with Crippen LogP contribution in [0.15, 0.2) is 12.7 Å². The molecular formula is C10H18N4O2. The van der Waals surface area contributed by atoms with E-state index in [1.165, 1.54) is 4.90 Å². The molecule has 1 amide bonds. The summed E-state index contributed by atoms with van der Waals surface area (Å²) >= 11 is 0.